The fraction of sp³-hybridized carbons (Fsp3) is 0.619. The molecule has 0 radical (unpaired) electrons. The van der Waals surface area contributed by atoms with Crippen molar-refractivity contribution in [2.45, 2.75) is 51.6 Å². The molecule has 0 saturated carbocycles. The number of aliphatic imine (C=N–C) groups is 1. The predicted molar refractivity (Wildman–Crippen MR) is 135 cm³/mol. The molecule has 1 aromatic heterocycles. The number of carbonyl (C=O) groups is 1. The zero-order chi connectivity index (χ0) is 23.6. The van der Waals surface area contributed by atoms with Gasteiger partial charge in [0.05, 0.1) is 19.2 Å². The lowest BCUT2D eigenvalue weighted by molar-refractivity contribution is -0.125. The Morgan fingerprint density at radius 1 is 1.47 bits per heavy atom. The molecule has 0 bridgehead atoms. The Hall–Kier alpha value is -1.59. The van der Waals surface area contributed by atoms with Gasteiger partial charge in [0.15, 0.2) is 0 Å². The van der Waals surface area contributed by atoms with Gasteiger partial charge in [0.2, 0.25) is 5.91 Å². The van der Waals surface area contributed by atoms with Gasteiger partial charge in [-0.1, -0.05) is 40.1 Å². The zero-order valence-corrected chi connectivity index (χ0v) is 21.6. The molecule has 1 aromatic rings. The zero-order valence-electron chi connectivity index (χ0n) is 19.1. The number of nitrogens with one attached hydrogen (secondary N) is 1. The number of nitrogens with zero attached hydrogens (tertiary/aromatic N) is 2. The second kappa shape index (κ2) is 13.2. The molecule has 0 saturated heterocycles. The molecule has 0 fully saturated rings. The molecule has 2 heterocycles. The molecule has 2 atom stereocenters. The molecular weight excluding hydrogens is 470 g/mol. The van der Waals surface area contributed by atoms with Crippen molar-refractivity contribution in [3.8, 4) is 5.75 Å². The summed E-state index contributed by atoms with van der Waals surface area (Å²) in [7, 11) is 5.01. The van der Waals surface area contributed by atoms with E-state index in [4.69, 9.17) is 14.0 Å². The standard InChI is InChI=1S/C21H31N3O5S3/c1-6-8-16(17-11-15(27-4)12-18(25)29-17)22-20(26)21(3)13-31-19(23-21)14(2)24-28-9-7-10-32-30-5/h11-12,16H,6-10,13H2,1-5H3,(H,22,26)/b24-14+/t16-,21+/m1/s1. The Morgan fingerprint density at radius 2 is 2.25 bits per heavy atom. The van der Waals surface area contributed by atoms with E-state index in [0.29, 0.717) is 41.0 Å². The summed E-state index contributed by atoms with van der Waals surface area (Å²) in [6.07, 6.45) is 4.38. The minimum absolute atomic E-state index is 0.230. The second-order valence-corrected chi connectivity index (χ2v) is 11.0. The molecule has 32 heavy (non-hydrogen) atoms. The van der Waals surface area contributed by atoms with E-state index in [9.17, 15) is 9.59 Å². The van der Waals surface area contributed by atoms with Gasteiger partial charge in [0.1, 0.15) is 34.4 Å². The van der Waals surface area contributed by atoms with Crippen LogP contribution in [0, 0.1) is 0 Å². The molecule has 1 N–H and O–H groups in total. The van der Waals surface area contributed by atoms with Crippen molar-refractivity contribution in [1.29, 1.82) is 0 Å². The van der Waals surface area contributed by atoms with Crippen LogP contribution in [0.4, 0.5) is 0 Å². The number of ether oxygens (including phenoxy) is 1. The predicted octanol–water partition coefficient (Wildman–Crippen LogP) is 4.30. The van der Waals surface area contributed by atoms with Crippen molar-refractivity contribution < 1.29 is 18.8 Å². The van der Waals surface area contributed by atoms with Gasteiger partial charge in [-0.25, -0.2) is 4.79 Å². The molecule has 1 amide bonds. The van der Waals surface area contributed by atoms with E-state index < -0.39 is 17.2 Å². The van der Waals surface area contributed by atoms with Crippen molar-refractivity contribution in [3.05, 3.63) is 28.3 Å². The van der Waals surface area contributed by atoms with Crippen molar-refractivity contribution in [2.24, 2.45) is 10.1 Å². The van der Waals surface area contributed by atoms with Gasteiger partial charge < -0.3 is 19.3 Å². The topological polar surface area (TPSA) is 102 Å². The minimum Gasteiger partial charge on any atom is -0.496 e. The summed E-state index contributed by atoms with van der Waals surface area (Å²) in [4.78, 5) is 35.0. The van der Waals surface area contributed by atoms with Crippen LogP contribution in [0.25, 0.3) is 0 Å². The van der Waals surface area contributed by atoms with Crippen LogP contribution in [0.2, 0.25) is 0 Å². The lowest BCUT2D eigenvalue weighted by atomic mass is 10.0. The fourth-order valence-corrected chi connectivity index (χ4v) is 5.28. The Labute approximate surface area is 201 Å². The van der Waals surface area contributed by atoms with Crippen molar-refractivity contribution in [1.82, 2.24) is 5.32 Å². The van der Waals surface area contributed by atoms with Crippen molar-refractivity contribution in [2.75, 3.05) is 31.5 Å². The highest BCUT2D eigenvalue weighted by Gasteiger charge is 2.40. The van der Waals surface area contributed by atoms with E-state index in [1.165, 1.54) is 24.9 Å². The van der Waals surface area contributed by atoms with Crippen LogP contribution in [0.5, 0.6) is 5.75 Å². The quantitative estimate of drug-likeness (QED) is 0.185. The number of thioether (sulfide) groups is 1. The maximum atomic E-state index is 13.1. The molecular formula is C21H31N3O5S3. The lowest BCUT2D eigenvalue weighted by Crippen LogP contribution is -2.45. The molecule has 178 valence electrons. The van der Waals surface area contributed by atoms with E-state index in [1.54, 1.807) is 34.6 Å². The summed E-state index contributed by atoms with van der Waals surface area (Å²) in [6, 6.07) is 2.45. The van der Waals surface area contributed by atoms with Gasteiger partial charge in [-0.05, 0) is 32.9 Å². The third-order valence-corrected chi connectivity index (χ3v) is 7.91. The smallest absolute Gasteiger partial charge is 0.339 e. The van der Waals surface area contributed by atoms with Crippen LogP contribution < -0.4 is 15.7 Å². The van der Waals surface area contributed by atoms with Gasteiger partial charge in [-0.15, -0.1) is 11.8 Å². The molecule has 11 heteroatoms. The number of methoxy groups -OCH3 is 1. The van der Waals surface area contributed by atoms with Gasteiger partial charge in [0.25, 0.3) is 0 Å². The summed E-state index contributed by atoms with van der Waals surface area (Å²) in [5.74, 6) is 2.04. The van der Waals surface area contributed by atoms with Crippen LogP contribution in [0.3, 0.4) is 0 Å². The highest BCUT2D eigenvalue weighted by molar-refractivity contribution is 8.76. The average molecular weight is 502 g/mol. The number of hydrogen-bond acceptors (Lipinski definition) is 10. The Kier molecular flexibility index (Phi) is 11.0. The van der Waals surface area contributed by atoms with Crippen LogP contribution in [0.15, 0.2) is 31.5 Å². The van der Waals surface area contributed by atoms with Crippen LogP contribution in [-0.4, -0.2) is 53.7 Å². The van der Waals surface area contributed by atoms with Gasteiger partial charge >= 0.3 is 5.63 Å². The molecule has 0 unspecified atom stereocenters. The van der Waals surface area contributed by atoms with E-state index in [2.05, 4.69) is 15.5 Å². The molecule has 1 aliphatic rings. The summed E-state index contributed by atoms with van der Waals surface area (Å²) < 4.78 is 10.5. The molecule has 2 rings (SSSR count). The second-order valence-electron chi connectivity index (χ2n) is 7.36. The summed E-state index contributed by atoms with van der Waals surface area (Å²) >= 11 is 1.48. The van der Waals surface area contributed by atoms with Gasteiger partial charge in [0, 0.05) is 17.6 Å². The van der Waals surface area contributed by atoms with E-state index in [-0.39, 0.29) is 5.91 Å². The first-order chi connectivity index (χ1) is 15.3. The molecule has 0 spiro atoms. The third kappa shape index (κ3) is 7.77. The maximum absolute atomic E-state index is 13.1. The summed E-state index contributed by atoms with van der Waals surface area (Å²) in [5, 5.41) is 7.85. The van der Waals surface area contributed by atoms with Crippen LogP contribution >= 0.6 is 33.3 Å². The van der Waals surface area contributed by atoms with Crippen LogP contribution in [-0.2, 0) is 9.63 Å². The van der Waals surface area contributed by atoms with Crippen LogP contribution in [0.1, 0.15) is 51.8 Å². The van der Waals surface area contributed by atoms with Crippen molar-refractivity contribution in [3.63, 3.8) is 0 Å². The minimum atomic E-state index is -0.947. The normalized spacial score (nSPS) is 19.4. The monoisotopic (exact) mass is 501 g/mol. The largest absolute Gasteiger partial charge is 0.496 e. The molecule has 1 aliphatic heterocycles. The molecule has 0 aromatic carbocycles. The Bertz CT molecular complexity index is 890. The number of oxime groups is 1. The molecule has 0 aliphatic carbocycles. The van der Waals surface area contributed by atoms with E-state index in [1.807, 2.05) is 20.1 Å². The van der Waals surface area contributed by atoms with Crippen molar-refractivity contribution >= 4 is 50.0 Å². The number of hydrogen-bond donors (Lipinski definition) is 1. The number of amides is 1. The lowest BCUT2D eigenvalue weighted by Gasteiger charge is -2.24. The summed E-state index contributed by atoms with van der Waals surface area (Å²) in [6.45, 7) is 6.17. The summed E-state index contributed by atoms with van der Waals surface area (Å²) in [5.41, 5.74) is -0.804. The van der Waals surface area contributed by atoms with E-state index >= 15 is 0 Å². The average Bonchev–Trinajstić information content (AvgIpc) is 3.18. The van der Waals surface area contributed by atoms with Gasteiger partial charge in [-0.2, -0.15) is 0 Å². The first kappa shape index (κ1) is 26.7. The highest BCUT2D eigenvalue weighted by Crippen LogP contribution is 2.30. The highest BCUT2D eigenvalue weighted by atomic mass is 33.1. The molecule has 8 nitrogen and oxygen atoms in total. The van der Waals surface area contributed by atoms with E-state index in [0.717, 1.165) is 18.6 Å². The van der Waals surface area contributed by atoms with Gasteiger partial charge in [-0.3, -0.25) is 9.79 Å². The Morgan fingerprint density at radius 3 is 2.94 bits per heavy atom. The fourth-order valence-electron chi connectivity index (χ4n) is 2.90. The SMILES string of the molecule is CCC[C@@H](NC(=O)[C@]1(C)CSC(/C(C)=N/OCCCSSC)=N1)c1cc(OC)cc(=O)o1. The first-order valence-electron chi connectivity index (χ1n) is 10.4. The first-order valence-corrected chi connectivity index (χ1v) is 14.1. The third-order valence-electron chi connectivity index (χ3n) is 4.64. The number of carbonyl (C=O) groups excluding carboxylic acids is 1. The number of rotatable bonds is 13. The maximum Gasteiger partial charge on any atom is 0.339 e. The Balaban J connectivity index is 2.06.